The Kier molecular flexibility index (Phi) is 5.76. The van der Waals surface area contributed by atoms with Crippen LogP contribution in [0.4, 0.5) is 4.79 Å². The summed E-state index contributed by atoms with van der Waals surface area (Å²) in [6, 6.07) is 10.2. The number of carbonyl (C=O) groups is 1. The second kappa shape index (κ2) is 7.80. The predicted molar refractivity (Wildman–Crippen MR) is 97.3 cm³/mol. The van der Waals surface area contributed by atoms with Gasteiger partial charge in [-0.3, -0.25) is 4.98 Å². The van der Waals surface area contributed by atoms with Crippen LogP contribution < -0.4 is 5.32 Å². The number of hydrogen-bond donors (Lipinski definition) is 2. The van der Waals surface area contributed by atoms with Crippen molar-refractivity contribution in [2.24, 2.45) is 5.92 Å². The fourth-order valence-corrected chi connectivity index (χ4v) is 2.89. The molecule has 2 aromatic rings. The topological polar surface area (TPSA) is 86.0 Å². The molecule has 5 heteroatoms. The number of hydrogen-bond acceptors (Lipinski definition) is 3. The van der Waals surface area contributed by atoms with E-state index in [-0.39, 0.29) is 6.54 Å². The summed E-state index contributed by atoms with van der Waals surface area (Å²) in [7, 11) is 0. The fourth-order valence-electron chi connectivity index (χ4n) is 2.89. The van der Waals surface area contributed by atoms with Crippen LogP contribution in [0.3, 0.4) is 0 Å². The number of nitrogens with one attached hydrogen (secondary N) is 1. The normalized spacial score (nSPS) is 10.6. The molecule has 0 atom stereocenters. The number of nitriles is 1. The van der Waals surface area contributed by atoms with Gasteiger partial charge in [0.05, 0.1) is 11.3 Å². The third kappa shape index (κ3) is 4.36. The molecule has 0 unspecified atom stereocenters. The Balaban J connectivity index is 2.74. The molecular weight excluding hydrogens is 314 g/mol. The molecule has 1 aromatic heterocycles. The van der Waals surface area contributed by atoms with Crippen molar-refractivity contribution in [2.45, 2.75) is 40.7 Å². The first-order valence-corrected chi connectivity index (χ1v) is 8.29. The van der Waals surface area contributed by atoms with Crippen molar-refractivity contribution >= 4 is 6.09 Å². The van der Waals surface area contributed by atoms with Gasteiger partial charge in [-0.25, -0.2) is 4.79 Å². The van der Waals surface area contributed by atoms with E-state index in [1.54, 1.807) is 0 Å². The highest BCUT2D eigenvalue weighted by Crippen LogP contribution is 2.32. The molecule has 0 spiro atoms. The number of aryl methyl sites for hydroxylation is 2. The van der Waals surface area contributed by atoms with Crippen molar-refractivity contribution in [2.75, 3.05) is 0 Å². The third-order valence-corrected chi connectivity index (χ3v) is 4.03. The second-order valence-electron chi connectivity index (χ2n) is 6.61. The summed E-state index contributed by atoms with van der Waals surface area (Å²) < 4.78 is 0. The molecule has 2 N–H and O–H groups in total. The van der Waals surface area contributed by atoms with Gasteiger partial charge in [0.2, 0.25) is 0 Å². The minimum absolute atomic E-state index is 0.128. The van der Waals surface area contributed by atoms with Gasteiger partial charge in [0.15, 0.2) is 0 Å². The summed E-state index contributed by atoms with van der Waals surface area (Å²) in [4.78, 5) is 15.6. The van der Waals surface area contributed by atoms with Crippen LogP contribution in [0, 0.1) is 31.1 Å². The van der Waals surface area contributed by atoms with E-state index < -0.39 is 6.09 Å². The fraction of sp³-hybridized carbons (Fsp3) is 0.350. The third-order valence-electron chi connectivity index (χ3n) is 4.03. The van der Waals surface area contributed by atoms with Crippen molar-refractivity contribution in [3.8, 4) is 17.2 Å². The standard InChI is InChI=1S/C20H23N3O2/c1-12(2)9-18-17(11-22-20(24)25)19(16(10-21)14(4)23-18)15-7-5-13(3)6-8-15/h5-8,12,22H,9,11H2,1-4H3,(H,24,25). The zero-order valence-corrected chi connectivity index (χ0v) is 15.1. The predicted octanol–water partition coefficient (Wildman–Crippen LogP) is 4.20. The number of carboxylic acid groups (broad SMARTS) is 1. The largest absolute Gasteiger partial charge is 0.465 e. The maximum Gasteiger partial charge on any atom is 0.404 e. The molecule has 0 aliphatic rings. The van der Waals surface area contributed by atoms with Crippen molar-refractivity contribution in [3.05, 3.63) is 52.3 Å². The lowest BCUT2D eigenvalue weighted by molar-refractivity contribution is 0.194. The molecule has 1 heterocycles. The van der Waals surface area contributed by atoms with E-state index in [1.165, 1.54) is 0 Å². The number of aromatic nitrogens is 1. The van der Waals surface area contributed by atoms with Gasteiger partial charge >= 0.3 is 6.09 Å². The summed E-state index contributed by atoms with van der Waals surface area (Å²) in [5.74, 6) is 0.370. The second-order valence-corrected chi connectivity index (χ2v) is 6.61. The van der Waals surface area contributed by atoms with Gasteiger partial charge in [0.1, 0.15) is 6.07 Å². The lowest BCUT2D eigenvalue weighted by atomic mass is 9.90. The molecule has 0 saturated heterocycles. The first-order chi connectivity index (χ1) is 11.8. The average molecular weight is 337 g/mol. The highest BCUT2D eigenvalue weighted by atomic mass is 16.4. The van der Waals surface area contributed by atoms with E-state index in [1.807, 2.05) is 38.1 Å². The molecule has 2 rings (SSSR count). The smallest absolute Gasteiger partial charge is 0.404 e. The summed E-state index contributed by atoms with van der Waals surface area (Å²) in [5, 5.41) is 21.1. The molecule has 0 saturated carbocycles. The van der Waals surface area contributed by atoms with Crippen LogP contribution in [0.25, 0.3) is 11.1 Å². The molecule has 0 aliphatic carbocycles. The Bertz CT molecular complexity index is 818. The highest BCUT2D eigenvalue weighted by molar-refractivity contribution is 5.76. The van der Waals surface area contributed by atoms with Crippen LogP contribution in [0.2, 0.25) is 0 Å². The number of nitrogens with zero attached hydrogens (tertiary/aromatic N) is 2. The average Bonchev–Trinajstić information content (AvgIpc) is 2.53. The Morgan fingerprint density at radius 2 is 1.92 bits per heavy atom. The first kappa shape index (κ1) is 18.5. The minimum atomic E-state index is -1.09. The zero-order valence-electron chi connectivity index (χ0n) is 15.1. The molecule has 0 bridgehead atoms. The molecule has 0 aliphatic heterocycles. The van der Waals surface area contributed by atoms with Gasteiger partial charge in [0.25, 0.3) is 0 Å². The summed E-state index contributed by atoms with van der Waals surface area (Å²) >= 11 is 0. The molecular formula is C20H23N3O2. The van der Waals surface area contributed by atoms with Crippen LogP contribution in [0.15, 0.2) is 24.3 Å². The van der Waals surface area contributed by atoms with Gasteiger partial charge in [-0.1, -0.05) is 43.7 Å². The molecule has 5 nitrogen and oxygen atoms in total. The van der Waals surface area contributed by atoms with Crippen LogP contribution >= 0.6 is 0 Å². The van der Waals surface area contributed by atoms with Crippen molar-refractivity contribution in [1.82, 2.24) is 10.3 Å². The number of benzene rings is 1. The lowest BCUT2D eigenvalue weighted by Crippen LogP contribution is -2.22. The summed E-state index contributed by atoms with van der Waals surface area (Å²) in [5.41, 5.74) is 5.60. The quantitative estimate of drug-likeness (QED) is 0.856. The van der Waals surface area contributed by atoms with Crippen LogP contribution in [0.5, 0.6) is 0 Å². The Labute approximate surface area is 148 Å². The van der Waals surface area contributed by atoms with Gasteiger partial charge in [-0.15, -0.1) is 0 Å². The number of rotatable bonds is 5. The summed E-state index contributed by atoms with van der Waals surface area (Å²) in [6.07, 6.45) is -0.369. The van der Waals surface area contributed by atoms with E-state index in [2.05, 4.69) is 30.2 Å². The first-order valence-electron chi connectivity index (χ1n) is 8.29. The molecule has 0 fully saturated rings. The monoisotopic (exact) mass is 337 g/mol. The van der Waals surface area contributed by atoms with E-state index in [9.17, 15) is 10.1 Å². The van der Waals surface area contributed by atoms with Gasteiger partial charge in [-0.05, 0) is 31.7 Å². The van der Waals surface area contributed by atoms with Crippen molar-refractivity contribution in [1.29, 1.82) is 5.26 Å². The van der Waals surface area contributed by atoms with Gasteiger partial charge < -0.3 is 10.4 Å². The maximum atomic E-state index is 11.0. The van der Waals surface area contributed by atoms with E-state index >= 15 is 0 Å². The maximum absolute atomic E-state index is 11.0. The Morgan fingerprint density at radius 1 is 1.28 bits per heavy atom. The molecule has 1 amide bonds. The molecule has 0 radical (unpaired) electrons. The van der Waals surface area contributed by atoms with Crippen LogP contribution in [-0.2, 0) is 13.0 Å². The SMILES string of the molecule is Cc1ccc(-c2c(C#N)c(C)nc(CC(C)C)c2CNC(=O)O)cc1. The number of amides is 1. The van der Waals surface area contributed by atoms with E-state index in [4.69, 9.17) is 5.11 Å². The van der Waals surface area contributed by atoms with Gasteiger partial charge in [0, 0.05) is 23.4 Å². The van der Waals surface area contributed by atoms with Crippen molar-refractivity contribution < 1.29 is 9.90 Å². The molecule has 1 aromatic carbocycles. The Morgan fingerprint density at radius 3 is 2.44 bits per heavy atom. The van der Waals surface area contributed by atoms with Crippen molar-refractivity contribution in [3.63, 3.8) is 0 Å². The van der Waals surface area contributed by atoms with Crippen LogP contribution in [0.1, 0.15) is 41.9 Å². The Hall–Kier alpha value is -2.87. The van der Waals surface area contributed by atoms with Gasteiger partial charge in [-0.2, -0.15) is 5.26 Å². The van der Waals surface area contributed by atoms with E-state index in [0.29, 0.717) is 17.2 Å². The highest BCUT2D eigenvalue weighted by Gasteiger charge is 2.20. The van der Waals surface area contributed by atoms with E-state index in [0.717, 1.165) is 34.4 Å². The minimum Gasteiger partial charge on any atom is -0.465 e. The lowest BCUT2D eigenvalue weighted by Gasteiger charge is -2.19. The molecule has 130 valence electrons. The summed E-state index contributed by atoms with van der Waals surface area (Å²) in [6.45, 7) is 8.14. The number of pyridine rings is 1. The zero-order chi connectivity index (χ0) is 18.6. The van der Waals surface area contributed by atoms with Crippen LogP contribution in [-0.4, -0.2) is 16.2 Å². The molecule has 25 heavy (non-hydrogen) atoms.